The molecule has 0 aromatic heterocycles. The molecule has 0 N–H and O–H groups in total. The Bertz CT molecular complexity index is 3120. The summed E-state index contributed by atoms with van der Waals surface area (Å²) in [5.41, 5.74) is 21.7. The Hall–Kier alpha value is -6.43. The van der Waals surface area contributed by atoms with Gasteiger partial charge in [0.1, 0.15) is 0 Å². The number of benzene rings is 8. The Morgan fingerprint density at radius 1 is 0.471 bits per heavy atom. The largest absolute Gasteiger partial charge is 0.334 e. The lowest BCUT2D eigenvalue weighted by Crippen LogP contribution is -2.62. The van der Waals surface area contributed by atoms with Crippen LogP contribution in [0.25, 0.3) is 11.1 Å². The lowest BCUT2D eigenvalue weighted by Gasteiger charge is -2.49. The Labute approximate surface area is 410 Å². The normalized spacial score (nSPS) is 16.2. The van der Waals surface area contributed by atoms with Gasteiger partial charge in [-0.25, -0.2) is 0 Å². The lowest BCUT2D eigenvalue weighted by atomic mass is 9.33. The second-order valence-electron chi connectivity index (χ2n) is 22.4. The minimum absolute atomic E-state index is 0.0522. The molecule has 2 unspecified atom stereocenters. The molecule has 3 aliphatic rings. The number of fused-ring (bicyclic) bond motifs is 6. The predicted molar refractivity (Wildman–Crippen MR) is 295 cm³/mol. The van der Waals surface area contributed by atoms with Crippen molar-refractivity contribution in [2.75, 3.05) is 14.7 Å². The number of aryl methyl sites for hydroxylation is 1. The molecular formula is C63H62BN3S. The van der Waals surface area contributed by atoms with Crippen molar-refractivity contribution in [1.82, 2.24) is 0 Å². The predicted octanol–water partition coefficient (Wildman–Crippen LogP) is 16.3. The van der Waals surface area contributed by atoms with Crippen LogP contribution in [0.3, 0.4) is 0 Å². The summed E-state index contributed by atoms with van der Waals surface area (Å²) in [5, 5.41) is 0.226. The summed E-state index contributed by atoms with van der Waals surface area (Å²) in [6.45, 7) is 23.0. The molecule has 338 valence electrons. The van der Waals surface area contributed by atoms with Crippen LogP contribution >= 0.6 is 11.8 Å². The zero-order valence-electron chi connectivity index (χ0n) is 41.3. The fraction of sp³-hybridized carbons (Fsp3) is 0.238. The van der Waals surface area contributed by atoms with Gasteiger partial charge in [-0.3, -0.25) is 0 Å². The van der Waals surface area contributed by atoms with E-state index in [-0.39, 0.29) is 34.1 Å². The van der Waals surface area contributed by atoms with Crippen molar-refractivity contribution in [1.29, 1.82) is 0 Å². The summed E-state index contributed by atoms with van der Waals surface area (Å²) >= 11 is 2.07. The zero-order chi connectivity index (χ0) is 47.3. The molecule has 0 bridgehead atoms. The first-order chi connectivity index (χ1) is 32.5. The summed E-state index contributed by atoms with van der Waals surface area (Å²) in [5.74, 6) is 0. The number of anilines is 8. The average molecular weight is 904 g/mol. The van der Waals surface area contributed by atoms with Gasteiger partial charge in [-0.15, -0.1) is 11.8 Å². The van der Waals surface area contributed by atoms with Gasteiger partial charge in [0.25, 0.3) is 0 Å². The Morgan fingerprint density at radius 3 is 1.63 bits per heavy atom. The van der Waals surface area contributed by atoms with Gasteiger partial charge in [0, 0.05) is 55.5 Å². The fourth-order valence-corrected chi connectivity index (χ4v) is 12.5. The minimum Gasteiger partial charge on any atom is -0.334 e. The van der Waals surface area contributed by atoms with Crippen LogP contribution in [0.15, 0.2) is 187 Å². The number of rotatable bonds is 6. The van der Waals surface area contributed by atoms with Gasteiger partial charge in [-0.2, -0.15) is 0 Å². The van der Waals surface area contributed by atoms with Gasteiger partial charge in [-0.05, 0) is 152 Å². The Morgan fingerprint density at radius 2 is 1.01 bits per heavy atom. The first-order valence-corrected chi connectivity index (χ1v) is 25.3. The molecule has 3 aliphatic heterocycles. The van der Waals surface area contributed by atoms with Crippen LogP contribution in [-0.2, 0) is 16.2 Å². The van der Waals surface area contributed by atoms with E-state index in [0.717, 1.165) is 22.7 Å². The molecule has 8 aromatic rings. The monoisotopic (exact) mass is 903 g/mol. The molecular weight excluding hydrogens is 842 g/mol. The van der Waals surface area contributed by atoms with Crippen LogP contribution < -0.4 is 25.6 Å². The molecule has 11 rings (SSSR count). The SMILES string of the molecule is Cc1cc2c3c(c1)N(c1cccc(-c4ccc(C(C)(C)C)cc4)c1)C1c4ccccc4SC1B3c1ccc(N(c3ccc(C(C)(C)C)cc3)c3ccc(C(C)(C)C)cc3)cc1N2c1ccccc1. The van der Waals surface area contributed by atoms with Gasteiger partial charge in [0.05, 0.1) is 6.04 Å². The van der Waals surface area contributed by atoms with E-state index in [2.05, 4.69) is 278 Å². The number of nitrogens with zero attached hydrogens (tertiary/aromatic N) is 3. The molecule has 0 saturated carbocycles. The number of para-hydroxylation sites is 1. The molecule has 0 spiro atoms. The van der Waals surface area contributed by atoms with Gasteiger partial charge >= 0.3 is 0 Å². The maximum atomic E-state index is 2.70. The average Bonchev–Trinajstić information content (AvgIpc) is 3.70. The molecule has 2 atom stereocenters. The summed E-state index contributed by atoms with van der Waals surface area (Å²) in [4.78, 5) is 9.09. The van der Waals surface area contributed by atoms with Crippen molar-refractivity contribution in [2.24, 2.45) is 0 Å². The van der Waals surface area contributed by atoms with Gasteiger partial charge in [0.15, 0.2) is 0 Å². The van der Waals surface area contributed by atoms with Crippen molar-refractivity contribution in [3.8, 4) is 11.1 Å². The molecule has 68 heavy (non-hydrogen) atoms. The maximum absolute atomic E-state index is 2.70. The van der Waals surface area contributed by atoms with Crippen LogP contribution in [0.2, 0.25) is 0 Å². The first kappa shape index (κ1) is 44.1. The van der Waals surface area contributed by atoms with E-state index in [0.29, 0.717) is 0 Å². The maximum Gasteiger partial charge on any atom is 0.233 e. The molecule has 0 radical (unpaired) electrons. The Balaban J connectivity index is 1.12. The molecule has 3 heterocycles. The van der Waals surface area contributed by atoms with Crippen LogP contribution in [0.5, 0.6) is 0 Å². The standard InChI is InChI=1S/C63H62BN3S/c1-41-37-55-58-56(38-41)67(50-20-16-17-43(39-50)42-23-25-44(26-24-42)61(2,3)4)59-52-21-14-15-22-57(52)68-60(59)64(58)53-36-35-51(40-54(53)66(55)47-18-12-11-13-19-47)65(48-31-27-45(28-32-48)62(5,6)7)49-33-29-46(30-34-49)63(8,9)10/h11-40,59-60H,1-10H3. The molecule has 0 amide bonds. The van der Waals surface area contributed by atoms with Crippen molar-refractivity contribution < 1.29 is 0 Å². The van der Waals surface area contributed by atoms with E-state index in [4.69, 9.17) is 0 Å². The summed E-state index contributed by atoms with van der Waals surface area (Å²) in [7, 11) is 0. The summed E-state index contributed by atoms with van der Waals surface area (Å²) in [6, 6.07) is 69.5. The number of hydrogen-bond donors (Lipinski definition) is 0. The summed E-state index contributed by atoms with van der Waals surface area (Å²) in [6.07, 6.45) is 0. The molecule has 0 fully saturated rings. The Kier molecular flexibility index (Phi) is 10.6. The second kappa shape index (κ2) is 16.4. The third-order valence-corrected chi connectivity index (χ3v) is 16.0. The molecule has 8 aromatic carbocycles. The van der Waals surface area contributed by atoms with E-state index in [1.54, 1.807) is 0 Å². The second-order valence-corrected chi connectivity index (χ2v) is 23.6. The van der Waals surface area contributed by atoms with E-state index in [1.807, 2.05) is 0 Å². The van der Waals surface area contributed by atoms with Gasteiger partial charge in [0.2, 0.25) is 6.71 Å². The van der Waals surface area contributed by atoms with Crippen molar-refractivity contribution >= 4 is 74.9 Å². The molecule has 5 heteroatoms. The van der Waals surface area contributed by atoms with Crippen LogP contribution in [0.4, 0.5) is 45.5 Å². The topological polar surface area (TPSA) is 9.72 Å². The van der Waals surface area contributed by atoms with E-state index >= 15 is 0 Å². The quantitative estimate of drug-likeness (QED) is 0.154. The third kappa shape index (κ3) is 7.64. The van der Waals surface area contributed by atoms with E-state index in [1.165, 1.54) is 77.5 Å². The smallest absolute Gasteiger partial charge is 0.233 e. The lowest BCUT2D eigenvalue weighted by molar-refractivity contribution is 0.590. The molecule has 0 saturated heterocycles. The first-order valence-electron chi connectivity index (χ1n) is 24.4. The van der Waals surface area contributed by atoms with Crippen LogP contribution in [-0.4, -0.2) is 11.9 Å². The van der Waals surface area contributed by atoms with Gasteiger partial charge in [-0.1, -0.05) is 165 Å². The highest BCUT2D eigenvalue weighted by Gasteiger charge is 2.54. The van der Waals surface area contributed by atoms with Crippen LogP contribution in [0, 0.1) is 6.92 Å². The summed E-state index contributed by atoms with van der Waals surface area (Å²) < 4.78 is 0. The molecule has 0 aliphatic carbocycles. The fourth-order valence-electron chi connectivity index (χ4n) is 10.9. The van der Waals surface area contributed by atoms with E-state index in [9.17, 15) is 0 Å². The van der Waals surface area contributed by atoms with Crippen molar-refractivity contribution in [2.45, 2.75) is 102 Å². The highest BCUT2D eigenvalue weighted by atomic mass is 32.2. The highest BCUT2D eigenvalue weighted by molar-refractivity contribution is 8.02. The third-order valence-electron chi connectivity index (χ3n) is 14.6. The van der Waals surface area contributed by atoms with Crippen LogP contribution in [0.1, 0.15) is 96.2 Å². The number of thioether (sulfide) groups is 1. The van der Waals surface area contributed by atoms with Gasteiger partial charge < -0.3 is 14.7 Å². The van der Waals surface area contributed by atoms with Crippen molar-refractivity contribution in [3.63, 3.8) is 0 Å². The van der Waals surface area contributed by atoms with Crippen molar-refractivity contribution in [3.05, 3.63) is 210 Å². The number of hydrogen-bond acceptors (Lipinski definition) is 4. The zero-order valence-corrected chi connectivity index (χ0v) is 42.1. The molecule has 3 nitrogen and oxygen atoms in total. The highest BCUT2D eigenvalue weighted by Crippen LogP contribution is 2.57. The minimum atomic E-state index is 0.0522. The van der Waals surface area contributed by atoms with E-state index < -0.39 is 0 Å².